The maximum atomic E-state index is 13.0. The van der Waals surface area contributed by atoms with Gasteiger partial charge in [-0.3, -0.25) is 9.59 Å². The molecule has 0 atom stereocenters. The molecule has 0 saturated carbocycles. The van der Waals surface area contributed by atoms with Crippen LogP contribution in [0.25, 0.3) is 11.0 Å². The van der Waals surface area contributed by atoms with Gasteiger partial charge >= 0.3 is 5.91 Å². The van der Waals surface area contributed by atoms with E-state index in [1.165, 1.54) is 37.6 Å². The van der Waals surface area contributed by atoms with E-state index in [4.69, 9.17) is 13.9 Å². The number of nitrogens with one attached hydrogen (secondary N) is 2. The Hall–Kier alpha value is -3.45. The molecule has 0 unspecified atom stereocenters. The van der Waals surface area contributed by atoms with Gasteiger partial charge in [0.05, 0.1) is 16.9 Å². The van der Waals surface area contributed by atoms with Gasteiger partial charge in [0.25, 0.3) is 5.91 Å². The normalized spacial score (nSPS) is 11.0. The standard InChI is InChI=1S/C25H18BrFIN3O5/c1-34-21-8-14(2-7-20(21)35-13-23(32)30-18-5-3-17(27)4-6-18)12-29-31-25(33)22-10-15-9-16(26)11-19(28)24(15)36-22/h2-12H,13H2,1H3,(H,30,32)(H,31,33)/b29-12-. The summed E-state index contributed by atoms with van der Waals surface area (Å²) in [5.74, 6) is -0.445. The van der Waals surface area contributed by atoms with E-state index in [0.717, 1.165) is 13.4 Å². The van der Waals surface area contributed by atoms with Crippen molar-refractivity contribution in [2.75, 3.05) is 19.0 Å². The molecule has 0 fully saturated rings. The van der Waals surface area contributed by atoms with Crippen LogP contribution in [0.3, 0.4) is 0 Å². The lowest BCUT2D eigenvalue weighted by Gasteiger charge is -2.11. The number of fused-ring (bicyclic) bond motifs is 1. The average Bonchev–Trinajstić information content (AvgIpc) is 3.29. The van der Waals surface area contributed by atoms with E-state index in [1.54, 1.807) is 24.3 Å². The summed E-state index contributed by atoms with van der Waals surface area (Å²) in [6.45, 7) is -0.274. The highest BCUT2D eigenvalue weighted by atomic mass is 127. The van der Waals surface area contributed by atoms with Gasteiger partial charge in [0, 0.05) is 15.5 Å². The molecule has 1 aromatic heterocycles. The molecule has 0 spiro atoms. The zero-order valence-electron chi connectivity index (χ0n) is 18.7. The van der Waals surface area contributed by atoms with Crippen molar-refractivity contribution in [2.45, 2.75) is 0 Å². The number of hydrazone groups is 1. The van der Waals surface area contributed by atoms with Crippen LogP contribution in [0, 0.1) is 9.39 Å². The predicted octanol–water partition coefficient (Wildman–Crippen LogP) is 5.73. The number of halogens is 3. The zero-order chi connectivity index (χ0) is 25.7. The summed E-state index contributed by atoms with van der Waals surface area (Å²) in [5, 5.41) is 7.39. The molecule has 11 heteroatoms. The van der Waals surface area contributed by atoms with E-state index in [0.29, 0.717) is 28.3 Å². The summed E-state index contributed by atoms with van der Waals surface area (Å²) in [6, 6.07) is 15.8. The summed E-state index contributed by atoms with van der Waals surface area (Å²) in [4.78, 5) is 24.5. The smallest absolute Gasteiger partial charge is 0.307 e. The third-order valence-corrected chi connectivity index (χ3v) is 6.07. The third kappa shape index (κ3) is 6.40. The second kappa shape index (κ2) is 11.5. The molecular weight excluding hydrogens is 648 g/mol. The van der Waals surface area contributed by atoms with Crippen molar-refractivity contribution in [2.24, 2.45) is 5.10 Å². The Kier molecular flexibility index (Phi) is 8.21. The van der Waals surface area contributed by atoms with Gasteiger partial charge in [0.15, 0.2) is 23.9 Å². The number of ether oxygens (including phenoxy) is 2. The minimum Gasteiger partial charge on any atom is -0.493 e. The molecule has 2 N–H and O–H groups in total. The summed E-state index contributed by atoms with van der Waals surface area (Å²) in [6.07, 6.45) is 1.44. The predicted molar refractivity (Wildman–Crippen MR) is 145 cm³/mol. The molecule has 0 aliphatic heterocycles. The lowest BCUT2D eigenvalue weighted by Crippen LogP contribution is -2.20. The summed E-state index contributed by atoms with van der Waals surface area (Å²) < 4.78 is 31.3. The van der Waals surface area contributed by atoms with Gasteiger partial charge in [0.2, 0.25) is 0 Å². The van der Waals surface area contributed by atoms with Crippen molar-refractivity contribution in [3.8, 4) is 11.5 Å². The molecule has 0 radical (unpaired) electrons. The number of anilines is 1. The number of hydrogen-bond acceptors (Lipinski definition) is 6. The van der Waals surface area contributed by atoms with E-state index in [9.17, 15) is 14.0 Å². The molecule has 4 aromatic rings. The number of amides is 2. The molecule has 3 aromatic carbocycles. The number of rotatable bonds is 8. The van der Waals surface area contributed by atoms with Crippen LogP contribution in [0.1, 0.15) is 16.1 Å². The second-order valence-electron chi connectivity index (χ2n) is 7.37. The van der Waals surface area contributed by atoms with Gasteiger partial charge in [-0.15, -0.1) is 0 Å². The van der Waals surface area contributed by atoms with Crippen molar-refractivity contribution in [1.29, 1.82) is 0 Å². The van der Waals surface area contributed by atoms with Crippen LogP contribution in [0.4, 0.5) is 10.1 Å². The van der Waals surface area contributed by atoms with E-state index >= 15 is 0 Å². The van der Waals surface area contributed by atoms with Crippen molar-refractivity contribution < 1.29 is 27.9 Å². The molecule has 0 bridgehead atoms. The maximum Gasteiger partial charge on any atom is 0.307 e. The first-order valence-corrected chi connectivity index (χ1v) is 12.3. The molecule has 184 valence electrons. The maximum absolute atomic E-state index is 13.0. The van der Waals surface area contributed by atoms with Crippen molar-refractivity contribution in [3.63, 3.8) is 0 Å². The molecule has 0 saturated heterocycles. The molecule has 2 amide bonds. The fraction of sp³-hybridized carbons (Fsp3) is 0.0800. The lowest BCUT2D eigenvalue weighted by molar-refractivity contribution is -0.118. The van der Waals surface area contributed by atoms with Crippen molar-refractivity contribution >= 4 is 73.2 Å². The monoisotopic (exact) mass is 665 g/mol. The topological polar surface area (TPSA) is 102 Å². The Labute approximate surface area is 227 Å². The number of furan rings is 1. The fourth-order valence-corrected chi connectivity index (χ4v) is 4.83. The van der Waals surface area contributed by atoms with E-state index in [1.807, 2.05) is 12.1 Å². The largest absolute Gasteiger partial charge is 0.493 e. The first kappa shape index (κ1) is 25.6. The van der Waals surface area contributed by atoms with Gasteiger partial charge in [-0.2, -0.15) is 5.10 Å². The Balaban J connectivity index is 1.35. The number of benzene rings is 3. The highest BCUT2D eigenvalue weighted by Gasteiger charge is 2.14. The first-order chi connectivity index (χ1) is 17.3. The first-order valence-electron chi connectivity index (χ1n) is 10.4. The highest BCUT2D eigenvalue weighted by Crippen LogP contribution is 2.29. The van der Waals surface area contributed by atoms with E-state index in [-0.39, 0.29) is 12.4 Å². The quantitative estimate of drug-likeness (QED) is 0.142. The second-order valence-corrected chi connectivity index (χ2v) is 9.45. The number of carbonyl (C=O) groups is 2. The van der Waals surface area contributed by atoms with Crippen LogP contribution >= 0.6 is 38.5 Å². The molecule has 8 nitrogen and oxygen atoms in total. The van der Waals surface area contributed by atoms with Crippen LogP contribution in [0.5, 0.6) is 11.5 Å². The third-order valence-electron chi connectivity index (χ3n) is 4.81. The van der Waals surface area contributed by atoms with Crippen molar-refractivity contribution in [1.82, 2.24) is 5.43 Å². The Morgan fingerprint density at radius 2 is 1.89 bits per heavy atom. The number of hydrogen-bond donors (Lipinski definition) is 2. The lowest BCUT2D eigenvalue weighted by atomic mass is 10.2. The molecule has 1 heterocycles. The van der Waals surface area contributed by atoms with E-state index < -0.39 is 17.6 Å². The molecule has 4 rings (SSSR count). The molecule has 0 aliphatic rings. The average molecular weight is 666 g/mol. The summed E-state index contributed by atoms with van der Waals surface area (Å²) in [7, 11) is 1.46. The molecular formula is C25H18BrFIN3O5. The molecule has 0 aliphatic carbocycles. The fourth-order valence-electron chi connectivity index (χ4n) is 3.17. The van der Waals surface area contributed by atoms with Crippen LogP contribution in [-0.2, 0) is 4.79 Å². The highest BCUT2D eigenvalue weighted by molar-refractivity contribution is 14.1. The van der Waals surface area contributed by atoms with Gasteiger partial charge < -0.3 is 19.2 Å². The number of nitrogens with zero attached hydrogens (tertiary/aromatic N) is 1. The van der Waals surface area contributed by atoms with Crippen LogP contribution in [0.15, 0.2) is 74.7 Å². The molecule has 36 heavy (non-hydrogen) atoms. The SMILES string of the molecule is COc1cc(/C=N\NC(=O)c2cc3cc(Br)cc(I)c3o2)ccc1OCC(=O)Nc1ccc(F)cc1. The van der Waals surface area contributed by atoms with Crippen LogP contribution in [0.2, 0.25) is 0 Å². The van der Waals surface area contributed by atoms with E-state index in [2.05, 4.69) is 54.4 Å². The Morgan fingerprint density at radius 1 is 1.11 bits per heavy atom. The van der Waals surface area contributed by atoms with Gasteiger partial charge in [-0.1, -0.05) is 15.9 Å². The minimum absolute atomic E-state index is 0.137. The zero-order valence-corrected chi connectivity index (χ0v) is 22.4. The van der Waals surface area contributed by atoms with Crippen molar-refractivity contribution in [3.05, 3.63) is 85.8 Å². The van der Waals surface area contributed by atoms with Crippen LogP contribution < -0.4 is 20.2 Å². The minimum atomic E-state index is -0.492. The summed E-state index contributed by atoms with van der Waals surface area (Å²) >= 11 is 5.56. The number of methoxy groups -OCH3 is 1. The van der Waals surface area contributed by atoms with Crippen LogP contribution in [-0.4, -0.2) is 31.7 Å². The Morgan fingerprint density at radius 3 is 2.64 bits per heavy atom. The summed E-state index contributed by atoms with van der Waals surface area (Å²) in [5.41, 5.74) is 4.14. The van der Waals surface area contributed by atoms with Gasteiger partial charge in [0.1, 0.15) is 11.4 Å². The van der Waals surface area contributed by atoms with Gasteiger partial charge in [-0.05, 0) is 88.8 Å². The Bertz CT molecular complexity index is 1460. The number of carbonyl (C=O) groups excluding carboxylic acids is 2. The van der Waals surface area contributed by atoms with Gasteiger partial charge in [-0.25, -0.2) is 9.82 Å².